The molecule has 2 aromatic carbocycles. The molecule has 0 aromatic heterocycles. The lowest BCUT2D eigenvalue weighted by Gasteiger charge is -2.32. The van der Waals surface area contributed by atoms with E-state index in [2.05, 4.69) is 0 Å². The van der Waals surface area contributed by atoms with Gasteiger partial charge in [0, 0.05) is 12.1 Å². The van der Waals surface area contributed by atoms with Gasteiger partial charge in [-0.15, -0.1) is 0 Å². The molecule has 4 nitrogen and oxygen atoms in total. The number of fused-ring (bicyclic) bond motifs is 1. The van der Waals surface area contributed by atoms with Crippen molar-refractivity contribution in [2.24, 2.45) is 0 Å². The zero-order chi connectivity index (χ0) is 16.4. The lowest BCUT2D eigenvalue weighted by atomic mass is 9.97. The summed E-state index contributed by atoms with van der Waals surface area (Å²) in [6.07, 6.45) is 2.33. The van der Waals surface area contributed by atoms with Crippen LogP contribution in [0.2, 0.25) is 0 Å². The number of sulfonamides is 1. The number of hydrogen-bond acceptors (Lipinski definition) is 3. The second-order valence-corrected chi connectivity index (χ2v) is 7.43. The predicted molar refractivity (Wildman–Crippen MR) is 91.8 cm³/mol. The molecule has 0 unspecified atom stereocenters. The Kier molecular flexibility index (Phi) is 4.24. The Bertz CT molecular complexity index is 839. The second-order valence-electron chi connectivity index (χ2n) is 5.57. The molecule has 1 aliphatic heterocycles. The molecule has 5 heteroatoms. The summed E-state index contributed by atoms with van der Waals surface area (Å²) in [6.45, 7) is 2.26. The largest absolute Gasteiger partial charge is 0.392 e. The summed E-state index contributed by atoms with van der Waals surface area (Å²) >= 11 is 0. The van der Waals surface area contributed by atoms with Gasteiger partial charge in [-0.3, -0.25) is 4.31 Å². The van der Waals surface area contributed by atoms with E-state index in [1.807, 2.05) is 31.2 Å². The fraction of sp³-hybridized carbons (Fsp3) is 0.222. The lowest BCUT2D eigenvalue weighted by Crippen LogP contribution is -2.35. The Morgan fingerprint density at radius 3 is 2.52 bits per heavy atom. The number of nitrogens with zero attached hydrogens (tertiary/aromatic N) is 1. The highest BCUT2D eigenvalue weighted by Gasteiger charge is 2.30. The highest BCUT2D eigenvalue weighted by molar-refractivity contribution is 7.92. The lowest BCUT2D eigenvalue weighted by molar-refractivity contribution is 0.343. The Labute approximate surface area is 136 Å². The fourth-order valence-corrected chi connectivity index (χ4v) is 4.33. The topological polar surface area (TPSA) is 57.6 Å². The van der Waals surface area contributed by atoms with Crippen LogP contribution in [0.5, 0.6) is 0 Å². The Hall–Kier alpha value is -2.11. The maximum absolute atomic E-state index is 13.0. The smallest absolute Gasteiger partial charge is 0.264 e. The summed E-state index contributed by atoms with van der Waals surface area (Å²) in [6, 6.07) is 14.3. The van der Waals surface area contributed by atoms with Crippen LogP contribution in [0.3, 0.4) is 0 Å². The minimum atomic E-state index is -3.59. The Morgan fingerprint density at radius 1 is 1.13 bits per heavy atom. The first-order valence-corrected chi connectivity index (χ1v) is 8.97. The molecule has 0 atom stereocenters. The first-order chi connectivity index (χ1) is 11.0. The molecular weight excluding hydrogens is 310 g/mol. The van der Waals surface area contributed by atoms with Gasteiger partial charge in [-0.25, -0.2) is 8.42 Å². The predicted octanol–water partition coefficient (Wildman–Crippen LogP) is 2.97. The van der Waals surface area contributed by atoms with Crippen LogP contribution in [0.4, 0.5) is 5.69 Å². The molecule has 0 spiro atoms. The van der Waals surface area contributed by atoms with Gasteiger partial charge in [-0.05, 0) is 37.1 Å². The van der Waals surface area contributed by atoms with Crippen molar-refractivity contribution in [3.8, 4) is 0 Å². The number of hydrogen-bond donors (Lipinski definition) is 1. The van der Waals surface area contributed by atoms with Crippen LogP contribution in [-0.4, -0.2) is 26.7 Å². The first kappa shape index (κ1) is 15.8. The highest BCUT2D eigenvalue weighted by atomic mass is 32.2. The van der Waals surface area contributed by atoms with Crippen molar-refractivity contribution < 1.29 is 13.5 Å². The van der Waals surface area contributed by atoms with Gasteiger partial charge in [0.1, 0.15) is 0 Å². The number of anilines is 1. The number of aryl methyl sites for hydroxylation is 1. The van der Waals surface area contributed by atoms with Gasteiger partial charge >= 0.3 is 0 Å². The van der Waals surface area contributed by atoms with Crippen molar-refractivity contribution in [2.75, 3.05) is 17.5 Å². The SMILES string of the molecule is Cc1ccc(S(=O)(=O)N2CC/C(=C\CO)c3ccccc32)cc1. The van der Waals surface area contributed by atoms with Gasteiger partial charge in [-0.2, -0.15) is 0 Å². The van der Waals surface area contributed by atoms with Crippen LogP contribution in [0.25, 0.3) is 5.57 Å². The number of para-hydroxylation sites is 1. The molecule has 0 fully saturated rings. The molecule has 23 heavy (non-hydrogen) atoms. The second kappa shape index (κ2) is 6.18. The Morgan fingerprint density at radius 2 is 1.83 bits per heavy atom. The van der Waals surface area contributed by atoms with Crippen molar-refractivity contribution in [1.82, 2.24) is 0 Å². The number of rotatable bonds is 3. The van der Waals surface area contributed by atoms with E-state index in [1.54, 1.807) is 30.3 Å². The van der Waals surface area contributed by atoms with Gasteiger partial charge in [-0.1, -0.05) is 42.0 Å². The van der Waals surface area contributed by atoms with Gasteiger partial charge in [0.05, 0.1) is 17.2 Å². The average Bonchev–Trinajstić information content (AvgIpc) is 2.55. The number of aliphatic hydroxyl groups excluding tert-OH is 1. The van der Waals surface area contributed by atoms with E-state index in [-0.39, 0.29) is 6.61 Å². The standard InChI is InChI=1S/C18H19NO3S/c1-14-6-8-16(9-7-14)23(21,22)19-12-10-15(11-13-20)17-4-2-3-5-18(17)19/h2-9,11,20H,10,12-13H2,1H3/b15-11+. The van der Waals surface area contributed by atoms with E-state index in [4.69, 9.17) is 5.11 Å². The molecule has 0 saturated carbocycles. The van der Waals surface area contributed by atoms with Gasteiger partial charge in [0.25, 0.3) is 10.0 Å². The van der Waals surface area contributed by atoms with E-state index < -0.39 is 10.0 Å². The third-order valence-electron chi connectivity index (χ3n) is 4.05. The van der Waals surface area contributed by atoms with Crippen LogP contribution >= 0.6 is 0 Å². The molecule has 1 heterocycles. The van der Waals surface area contributed by atoms with E-state index in [1.165, 1.54) is 4.31 Å². The van der Waals surface area contributed by atoms with Crippen molar-refractivity contribution in [3.63, 3.8) is 0 Å². The monoisotopic (exact) mass is 329 g/mol. The molecule has 0 bridgehead atoms. The molecule has 0 radical (unpaired) electrons. The average molecular weight is 329 g/mol. The van der Waals surface area contributed by atoms with Gasteiger partial charge in [0.15, 0.2) is 0 Å². The zero-order valence-electron chi connectivity index (χ0n) is 12.9. The fourth-order valence-electron chi connectivity index (χ4n) is 2.85. The third-order valence-corrected chi connectivity index (χ3v) is 5.88. The van der Waals surface area contributed by atoms with E-state index in [0.717, 1.165) is 16.7 Å². The van der Waals surface area contributed by atoms with Crippen LogP contribution in [0.1, 0.15) is 17.5 Å². The summed E-state index contributed by atoms with van der Waals surface area (Å²) in [5, 5.41) is 9.17. The van der Waals surface area contributed by atoms with E-state index in [0.29, 0.717) is 23.5 Å². The summed E-state index contributed by atoms with van der Waals surface area (Å²) in [7, 11) is -3.59. The molecule has 120 valence electrons. The molecule has 2 aromatic rings. The molecule has 1 aliphatic rings. The van der Waals surface area contributed by atoms with E-state index >= 15 is 0 Å². The van der Waals surface area contributed by atoms with Crippen LogP contribution in [-0.2, 0) is 10.0 Å². The molecular formula is C18H19NO3S. The summed E-state index contributed by atoms with van der Waals surface area (Å²) in [5.41, 5.74) is 3.54. The normalized spacial score (nSPS) is 16.4. The van der Waals surface area contributed by atoms with Crippen molar-refractivity contribution in [1.29, 1.82) is 0 Å². The van der Waals surface area contributed by atoms with Crippen molar-refractivity contribution in [3.05, 3.63) is 65.7 Å². The molecule has 1 N–H and O–H groups in total. The highest BCUT2D eigenvalue weighted by Crippen LogP contribution is 2.37. The number of benzene rings is 2. The maximum Gasteiger partial charge on any atom is 0.264 e. The van der Waals surface area contributed by atoms with Gasteiger partial charge in [0.2, 0.25) is 0 Å². The quantitative estimate of drug-likeness (QED) is 0.942. The molecule has 0 saturated heterocycles. The van der Waals surface area contributed by atoms with Crippen molar-refractivity contribution >= 4 is 21.3 Å². The van der Waals surface area contributed by atoms with Crippen LogP contribution in [0, 0.1) is 6.92 Å². The maximum atomic E-state index is 13.0. The van der Waals surface area contributed by atoms with Crippen molar-refractivity contribution in [2.45, 2.75) is 18.2 Å². The Balaban J connectivity index is 2.08. The summed E-state index contributed by atoms with van der Waals surface area (Å²) in [4.78, 5) is 0.299. The summed E-state index contributed by atoms with van der Waals surface area (Å²) < 4.78 is 27.4. The van der Waals surface area contributed by atoms with Crippen LogP contribution < -0.4 is 4.31 Å². The first-order valence-electron chi connectivity index (χ1n) is 7.53. The number of aliphatic hydroxyl groups is 1. The molecule has 0 amide bonds. The molecule has 3 rings (SSSR count). The minimum Gasteiger partial charge on any atom is -0.392 e. The van der Waals surface area contributed by atoms with Crippen LogP contribution in [0.15, 0.2) is 59.5 Å². The minimum absolute atomic E-state index is 0.0472. The zero-order valence-corrected chi connectivity index (χ0v) is 13.8. The summed E-state index contributed by atoms with van der Waals surface area (Å²) in [5.74, 6) is 0. The van der Waals surface area contributed by atoms with Gasteiger partial charge < -0.3 is 5.11 Å². The van der Waals surface area contributed by atoms with E-state index in [9.17, 15) is 8.42 Å². The molecule has 0 aliphatic carbocycles. The third kappa shape index (κ3) is 2.90.